The number of carboxylic acid groups (broad SMARTS) is 1. The molecule has 0 spiro atoms. The van der Waals surface area contributed by atoms with Crippen molar-refractivity contribution >= 4 is 33.4 Å². The second kappa shape index (κ2) is 7.58. The maximum atomic E-state index is 12.4. The zero-order chi connectivity index (χ0) is 19.4. The summed E-state index contributed by atoms with van der Waals surface area (Å²) in [4.78, 5) is 23.5. The predicted molar refractivity (Wildman–Crippen MR) is 99.1 cm³/mol. The van der Waals surface area contributed by atoms with Gasteiger partial charge in [-0.05, 0) is 17.7 Å². The third-order valence-corrected chi connectivity index (χ3v) is 5.38. The summed E-state index contributed by atoms with van der Waals surface area (Å²) >= 11 is 0. The molecule has 140 valence electrons. The zero-order valence-corrected chi connectivity index (χ0v) is 14.9. The van der Waals surface area contributed by atoms with Crippen LogP contribution in [0.1, 0.15) is 17.9 Å². The SMILES string of the molecule is O=C(O)CC(CNC(=O)C1=NS(=O)(=O)c2ccccc2N1)c1ccccc1. The number of benzene rings is 2. The highest BCUT2D eigenvalue weighted by molar-refractivity contribution is 7.90. The molecule has 3 N–H and O–H groups in total. The van der Waals surface area contributed by atoms with Crippen LogP contribution in [0.2, 0.25) is 0 Å². The van der Waals surface area contributed by atoms with Crippen LogP contribution in [-0.2, 0) is 19.6 Å². The highest BCUT2D eigenvalue weighted by atomic mass is 32.2. The Morgan fingerprint density at radius 2 is 1.74 bits per heavy atom. The molecule has 0 bridgehead atoms. The molecule has 0 fully saturated rings. The Kier molecular flexibility index (Phi) is 5.22. The van der Waals surface area contributed by atoms with Crippen LogP contribution in [0.3, 0.4) is 0 Å². The van der Waals surface area contributed by atoms with Crippen molar-refractivity contribution in [2.75, 3.05) is 11.9 Å². The molecule has 1 atom stereocenters. The molecule has 1 aliphatic rings. The first kappa shape index (κ1) is 18.6. The summed E-state index contributed by atoms with van der Waals surface area (Å²) in [6.45, 7) is 0.0253. The molecule has 8 nitrogen and oxygen atoms in total. The van der Waals surface area contributed by atoms with E-state index < -0.39 is 27.8 Å². The topological polar surface area (TPSA) is 125 Å². The van der Waals surface area contributed by atoms with Crippen LogP contribution in [0.4, 0.5) is 5.69 Å². The van der Waals surface area contributed by atoms with E-state index in [2.05, 4.69) is 15.0 Å². The van der Waals surface area contributed by atoms with Gasteiger partial charge in [0.1, 0.15) is 4.90 Å². The van der Waals surface area contributed by atoms with Gasteiger partial charge in [0, 0.05) is 12.5 Å². The van der Waals surface area contributed by atoms with Gasteiger partial charge < -0.3 is 15.7 Å². The number of carbonyl (C=O) groups is 2. The second-order valence-electron chi connectivity index (χ2n) is 5.95. The number of anilines is 1. The van der Waals surface area contributed by atoms with Crippen molar-refractivity contribution in [2.24, 2.45) is 4.40 Å². The zero-order valence-electron chi connectivity index (χ0n) is 14.1. The van der Waals surface area contributed by atoms with E-state index in [1.54, 1.807) is 36.4 Å². The van der Waals surface area contributed by atoms with Crippen molar-refractivity contribution in [1.29, 1.82) is 0 Å². The highest BCUT2D eigenvalue weighted by Gasteiger charge is 2.28. The van der Waals surface area contributed by atoms with Crippen molar-refractivity contribution < 1.29 is 23.1 Å². The number of sulfonamides is 1. The number of amides is 1. The average Bonchev–Trinajstić information content (AvgIpc) is 2.64. The van der Waals surface area contributed by atoms with E-state index in [0.717, 1.165) is 5.56 Å². The van der Waals surface area contributed by atoms with Crippen LogP contribution in [0.15, 0.2) is 63.9 Å². The summed E-state index contributed by atoms with van der Waals surface area (Å²) in [6.07, 6.45) is -0.175. The summed E-state index contributed by atoms with van der Waals surface area (Å²) in [5, 5.41) is 14.4. The molecule has 1 amide bonds. The van der Waals surface area contributed by atoms with Gasteiger partial charge in [0.05, 0.1) is 12.1 Å². The Balaban J connectivity index is 1.75. The van der Waals surface area contributed by atoms with Crippen molar-refractivity contribution in [2.45, 2.75) is 17.2 Å². The Bertz CT molecular complexity index is 1000. The molecule has 9 heteroatoms. The standard InChI is InChI=1S/C18H17N3O5S/c22-16(23)10-13(12-6-2-1-3-7-12)11-19-18(24)17-20-14-8-4-5-9-15(14)27(25,26)21-17/h1-9,13H,10-11H2,(H,19,24)(H,20,21)(H,22,23). The molecule has 2 aromatic rings. The quantitative estimate of drug-likeness (QED) is 0.691. The van der Waals surface area contributed by atoms with Gasteiger partial charge in [0.25, 0.3) is 15.9 Å². The Morgan fingerprint density at radius 1 is 1.07 bits per heavy atom. The van der Waals surface area contributed by atoms with Gasteiger partial charge in [-0.25, -0.2) is 0 Å². The lowest BCUT2D eigenvalue weighted by Crippen LogP contribution is -2.40. The van der Waals surface area contributed by atoms with Gasteiger partial charge in [-0.1, -0.05) is 42.5 Å². The fourth-order valence-corrected chi connectivity index (χ4v) is 3.87. The van der Waals surface area contributed by atoms with E-state index in [-0.39, 0.29) is 29.4 Å². The number of carbonyl (C=O) groups excluding carboxylic acids is 1. The number of fused-ring (bicyclic) bond motifs is 1. The fraction of sp³-hybridized carbons (Fsp3) is 0.167. The van der Waals surface area contributed by atoms with Crippen molar-refractivity contribution in [1.82, 2.24) is 5.32 Å². The monoisotopic (exact) mass is 387 g/mol. The Morgan fingerprint density at radius 3 is 2.44 bits per heavy atom. The molecule has 0 saturated carbocycles. The van der Waals surface area contributed by atoms with E-state index in [0.29, 0.717) is 0 Å². The number of amidine groups is 1. The van der Waals surface area contributed by atoms with Gasteiger partial charge in [0.2, 0.25) is 5.84 Å². The van der Waals surface area contributed by atoms with E-state index in [1.165, 1.54) is 12.1 Å². The van der Waals surface area contributed by atoms with E-state index in [9.17, 15) is 18.0 Å². The summed E-state index contributed by atoms with van der Waals surface area (Å²) in [5.74, 6) is -2.53. The molecule has 0 radical (unpaired) electrons. The molecule has 0 aliphatic carbocycles. The van der Waals surface area contributed by atoms with Crippen LogP contribution in [0.25, 0.3) is 0 Å². The second-order valence-corrected chi connectivity index (χ2v) is 7.52. The summed E-state index contributed by atoms with van der Waals surface area (Å²) in [6, 6.07) is 15.1. The summed E-state index contributed by atoms with van der Waals surface area (Å²) in [5.41, 5.74) is 1.03. The molecular weight excluding hydrogens is 370 g/mol. The number of para-hydroxylation sites is 1. The van der Waals surface area contributed by atoms with Crippen LogP contribution in [0, 0.1) is 0 Å². The van der Waals surface area contributed by atoms with Crippen molar-refractivity contribution in [3.8, 4) is 0 Å². The van der Waals surface area contributed by atoms with E-state index >= 15 is 0 Å². The number of aliphatic carboxylic acids is 1. The molecule has 3 rings (SSSR count). The lowest BCUT2D eigenvalue weighted by Gasteiger charge is -2.19. The number of carboxylic acids is 1. The molecule has 2 aromatic carbocycles. The maximum absolute atomic E-state index is 12.4. The average molecular weight is 387 g/mol. The van der Waals surface area contributed by atoms with Gasteiger partial charge in [-0.2, -0.15) is 8.42 Å². The minimum Gasteiger partial charge on any atom is -0.481 e. The number of hydrogen-bond donors (Lipinski definition) is 3. The van der Waals surface area contributed by atoms with Gasteiger partial charge >= 0.3 is 5.97 Å². The predicted octanol–water partition coefficient (Wildman–Crippen LogP) is 1.57. The fourth-order valence-electron chi connectivity index (χ4n) is 2.76. The molecule has 1 heterocycles. The van der Waals surface area contributed by atoms with Crippen LogP contribution < -0.4 is 10.6 Å². The molecule has 0 saturated heterocycles. The molecule has 27 heavy (non-hydrogen) atoms. The highest BCUT2D eigenvalue weighted by Crippen LogP contribution is 2.26. The summed E-state index contributed by atoms with van der Waals surface area (Å²) in [7, 11) is -3.98. The van der Waals surface area contributed by atoms with Crippen LogP contribution >= 0.6 is 0 Å². The van der Waals surface area contributed by atoms with E-state index in [1.807, 2.05) is 6.07 Å². The minimum absolute atomic E-state index is 0.00501. The van der Waals surface area contributed by atoms with Gasteiger partial charge in [-0.3, -0.25) is 9.59 Å². The number of hydrogen-bond acceptors (Lipinski definition) is 5. The van der Waals surface area contributed by atoms with Crippen LogP contribution in [0.5, 0.6) is 0 Å². The first-order valence-electron chi connectivity index (χ1n) is 8.13. The van der Waals surface area contributed by atoms with E-state index in [4.69, 9.17) is 5.11 Å². The minimum atomic E-state index is -3.98. The maximum Gasteiger partial charge on any atom is 0.304 e. The van der Waals surface area contributed by atoms with Crippen LogP contribution in [-0.4, -0.2) is 37.8 Å². The van der Waals surface area contributed by atoms with Crippen molar-refractivity contribution in [3.63, 3.8) is 0 Å². The Hall–Kier alpha value is -3.20. The van der Waals surface area contributed by atoms with Gasteiger partial charge in [0.15, 0.2) is 0 Å². The Labute approximate surface area is 156 Å². The molecule has 1 aliphatic heterocycles. The number of nitrogens with one attached hydrogen (secondary N) is 2. The molecule has 0 aromatic heterocycles. The first-order valence-corrected chi connectivity index (χ1v) is 9.57. The third-order valence-electron chi connectivity index (χ3n) is 4.05. The van der Waals surface area contributed by atoms with Gasteiger partial charge in [-0.15, -0.1) is 4.40 Å². The largest absolute Gasteiger partial charge is 0.481 e. The number of nitrogens with zero attached hydrogens (tertiary/aromatic N) is 1. The normalized spacial score (nSPS) is 15.6. The lowest BCUT2D eigenvalue weighted by atomic mass is 9.96. The first-order chi connectivity index (χ1) is 12.9. The number of rotatable bonds is 6. The smallest absolute Gasteiger partial charge is 0.304 e. The lowest BCUT2D eigenvalue weighted by molar-refractivity contribution is -0.137. The third kappa shape index (κ3) is 4.32. The van der Waals surface area contributed by atoms with Crippen molar-refractivity contribution in [3.05, 3.63) is 60.2 Å². The molecule has 1 unspecified atom stereocenters. The summed E-state index contributed by atoms with van der Waals surface area (Å²) < 4.78 is 27.9. The molecular formula is C18H17N3O5S.